The second-order valence-electron chi connectivity index (χ2n) is 7.40. The lowest BCUT2D eigenvalue weighted by atomic mass is 9.96. The number of nitrogens with one attached hydrogen (secondary N) is 1. The van der Waals surface area contributed by atoms with Crippen molar-refractivity contribution >= 4 is 28.3 Å². The SMILES string of the molecule is COc1cc2nn(C3CCCCC3)cc2cc1C(=O)Nc1cnc2cccnn12. The first-order chi connectivity index (χ1) is 14.2. The van der Waals surface area contributed by atoms with E-state index in [4.69, 9.17) is 9.84 Å². The van der Waals surface area contributed by atoms with Crippen LogP contribution in [0.3, 0.4) is 0 Å². The molecule has 8 heteroatoms. The molecular weight excluding hydrogens is 368 g/mol. The van der Waals surface area contributed by atoms with Crippen LogP contribution in [0.1, 0.15) is 48.5 Å². The number of benzene rings is 1. The molecule has 0 bridgehead atoms. The molecule has 0 aliphatic heterocycles. The second-order valence-corrected chi connectivity index (χ2v) is 7.40. The number of anilines is 1. The van der Waals surface area contributed by atoms with E-state index in [1.807, 2.05) is 24.4 Å². The molecule has 0 atom stereocenters. The molecule has 0 spiro atoms. The van der Waals surface area contributed by atoms with E-state index in [0.29, 0.717) is 28.8 Å². The fourth-order valence-electron chi connectivity index (χ4n) is 4.05. The number of methoxy groups -OCH3 is 1. The first-order valence-electron chi connectivity index (χ1n) is 9.90. The summed E-state index contributed by atoms with van der Waals surface area (Å²) in [4.78, 5) is 17.3. The van der Waals surface area contributed by atoms with Gasteiger partial charge >= 0.3 is 0 Å². The summed E-state index contributed by atoms with van der Waals surface area (Å²) < 4.78 is 9.13. The van der Waals surface area contributed by atoms with E-state index < -0.39 is 0 Å². The number of nitrogens with zero attached hydrogens (tertiary/aromatic N) is 5. The summed E-state index contributed by atoms with van der Waals surface area (Å²) in [5, 5.41) is 12.8. The highest BCUT2D eigenvalue weighted by atomic mass is 16.5. The molecule has 148 valence electrons. The van der Waals surface area contributed by atoms with Crippen molar-refractivity contribution in [1.82, 2.24) is 24.4 Å². The van der Waals surface area contributed by atoms with Crippen LogP contribution in [0.5, 0.6) is 5.75 Å². The van der Waals surface area contributed by atoms with E-state index >= 15 is 0 Å². The Bertz CT molecular complexity index is 1190. The maximum absolute atomic E-state index is 13.0. The van der Waals surface area contributed by atoms with Gasteiger partial charge in [-0.2, -0.15) is 14.7 Å². The number of hydrogen-bond donors (Lipinski definition) is 1. The van der Waals surface area contributed by atoms with E-state index in [1.54, 1.807) is 30.1 Å². The van der Waals surface area contributed by atoms with Crippen LogP contribution in [0.4, 0.5) is 5.82 Å². The monoisotopic (exact) mass is 390 g/mol. The van der Waals surface area contributed by atoms with Crippen LogP contribution < -0.4 is 10.1 Å². The summed E-state index contributed by atoms with van der Waals surface area (Å²) in [5.74, 6) is 0.720. The average molecular weight is 390 g/mol. The molecule has 5 rings (SSSR count). The standard InChI is InChI=1S/C21H22N6O2/c1-29-18-11-17-14(13-26(25-17)15-6-3-2-4-7-15)10-16(18)21(28)24-20-12-22-19-8-5-9-23-27(19)20/h5,8-13,15H,2-4,6-7H2,1H3,(H,24,28). The summed E-state index contributed by atoms with van der Waals surface area (Å²) in [5.41, 5.74) is 1.95. The Kier molecular flexibility index (Phi) is 4.38. The van der Waals surface area contributed by atoms with Gasteiger partial charge in [0.2, 0.25) is 0 Å². The highest BCUT2D eigenvalue weighted by Crippen LogP contribution is 2.31. The third kappa shape index (κ3) is 3.20. The Morgan fingerprint density at radius 2 is 2.10 bits per heavy atom. The van der Waals surface area contributed by atoms with Gasteiger partial charge in [0.15, 0.2) is 11.5 Å². The molecule has 1 aliphatic carbocycles. The number of carbonyl (C=O) groups excluding carboxylic acids is 1. The topological polar surface area (TPSA) is 86.3 Å². The molecule has 0 saturated heterocycles. The highest BCUT2D eigenvalue weighted by Gasteiger charge is 2.20. The molecule has 4 aromatic rings. The fraction of sp³-hybridized carbons (Fsp3) is 0.333. The zero-order chi connectivity index (χ0) is 19.8. The van der Waals surface area contributed by atoms with Crippen molar-refractivity contribution in [2.45, 2.75) is 38.1 Å². The maximum Gasteiger partial charge on any atom is 0.260 e. The van der Waals surface area contributed by atoms with Gasteiger partial charge in [-0.25, -0.2) is 4.98 Å². The predicted molar refractivity (Wildman–Crippen MR) is 109 cm³/mol. The lowest BCUT2D eigenvalue weighted by Crippen LogP contribution is -2.15. The summed E-state index contributed by atoms with van der Waals surface area (Å²) in [7, 11) is 1.56. The molecule has 1 fully saturated rings. The average Bonchev–Trinajstić information content (AvgIpc) is 3.37. The first-order valence-corrected chi connectivity index (χ1v) is 9.90. The van der Waals surface area contributed by atoms with E-state index in [9.17, 15) is 4.79 Å². The molecule has 3 aromatic heterocycles. The van der Waals surface area contributed by atoms with Crippen LogP contribution in [-0.4, -0.2) is 37.4 Å². The number of imidazole rings is 1. The minimum absolute atomic E-state index is 0.276. The third-order valence-corrected chi connectivity index (χ3v) is 5.56. The van der Waals surface area contributed by atoms with Gasteiger partial charge in [-0.15, -0.1) is 0 Å². The van der Waals surface area contributed by atoms with Gasteiger partial charge in [-0.3, -0.25) is 9.48 Å². The van der Waals surface area contributed by atoms with E-state index in [1.165, 1.54) is 19.3 Å². The molecule has 1 aliphatic rings. The minimum atomic E-state index is -0.276. The molecule has 1 saturated carbocycles. The highest BCUT2D eigenvalue weighted by molar-refractivity contribution is 6.08. The summed E-state index contributed by atoms with van der Waals surface area (Å²) >= 11 is 0. The quantitative estimate of drug-likeness (QED) is 0.572. The number of amides is 1. The van der Waals surface area contributed by atoms with Gasteiger partial charge in [0.05, 0.1) is 30.4 Å². The number of rotatable bonds is 4. The van der Waals surface area contributed by atoms with Crippen LogP contribution in [0, 0.1) is 0 Å². The van der Waals surface area contributed by atoms with Gasteiger partial charge in [0, 0.05) is 23.8 Å². The zero-order valence-electron chi connectivity index (χ0n) is 16.2. The third-order valence-electron chi connectivity index (χ3n) is 5.56. The Morgan fingerprint density at radius 3 is 2.93 bits per heavy atom. The van der Waals surface area contributed by atoms with Gasteiger partial charge in [-0.1, -0.05) is 19.3 Å². The van der Waals surface area contributed by atoms with Gasteiger partial charge in [-0.05, 0) is 31.0 Å². The summed E-state index contributed by atoms with van der Waals surface area (Å²) in [6.07, 6.45) is 11.4. The van der Waals surface area contributed by atoms with Crippen LogP contribution in [0.2, 0.25) is 0 Å². The van der Waals surface area contributed by atoms with Crippen molar-refractivity contribution in [1.29, 1.82) is 0 Å². The van der Waals surface area contributed by atoms with Crippen LogP contribution in [-0.2, 0) is 0 Å². The lowest BCUT2D eigenvalue weighted by Gasteiger charge is -2.21. The Morgan fingerprint density at radius 1 is 1.24 bits per heavy atom. The van der Waals surface area contributed by atoms with Crippen LogP contribution in [0.25, 0.3) is 16.6 Å². The number of hydrogen-bond acceptors (Lipinski definition) is 5. The van der Waals surface area contributed by atoms with E-state index in [-0.39, 0.29) is 5.91 Å². The molecule has 1 aromatic carbocycles. The van der Waals surface area contributed by atoms with E-state index in [0.717, 1.165) is 23.7 Å². The molecular formula is C21H22N6O2. The number of ether oxygens (including phenoxy) is 1. The van der Waals surface area contributed by atoms with E-state index in [2.05, 4.69) is 20.1 Å². The minimum Gasteiger partial charge on any atom is -0.496 e. The van der Waals surface area contributed by atoms with Crippen molar-refractivity contribution in [2.24, 2.45) is 0 Å². The van der Waals surface area contributed by atoms with Crippen molar-refractivity contribution in [3.8, 4) is 5.75 Å². The molecule has 1 N–H and O–H groups in total. The maximum atomic E-state index is 13.0. The molecule has 8 nitrogen and oxygen atoms in total. The molecule has 29 heavy (non-hydrogen) atoms. The first kappa shape index (κ1) is 17.7. The smallest absolute Gasteiger partial charge is 0.260 e. The number of carbonyl (C=O) groups is 1. The molecule has 0 unspecified atom stereocenters. The van der Waals surface area contributed by atoms with Gasteiger partial charge < -0.3 is 10.1 Å². The number of fused-ring (bicyclic) bond motifs is 2. The predicted octanol–water partition coefficient (Wildman–Crippen LogP) is 3.85. The van der Waals surface area contributed by atoms with Gasteiger partial charge in [0.25, 0.3) is 5.91 Å². The Hall–Kier alpha value is -3.42. The Labute approximate surface area is 167 Å². The van der Waals surface area contributed by atoms with Crippen molar-refractivity contribution in [3.63, 3.8) is 0 Å². The number of aromatic nitrogens is 5. The summed E-state index contributed by atoms with van der Waals surface area (Å²) in [6, 6.07) is 7.73. The second kappa shape index (κ2) is 7.20. The molecule has 3 heterocycles. The Balaban J connectivity index is 1.48. The lowest BCUT2D eigenvalue weighted by molar-refractivity contribution is 0.102. The molecule has 1 amide bonds. The van der Waals surface area contributed by atoms with Crippen molar-refractivity contribution < 1.29 is 9.53 Å². The van der Waals surface area contributed by atoms with Gasteiger partial charge in [0.1, 0.15) is 5.75 Å². The van der Waals surface area contributed by atoms with Crippen molar-refractivity contribution in [2.75, 3.05) is 12.4 Å². The largest absolute Gasteiger partial charge is 0.496 e. The zero-order valence-corrected chi connectivity index (χ0v) is 16.2. The fourth-order valence-corrected chi connectivity index (χ4v) is 4.05. The van der Waals surface area contributed by atoms with Crippen LogP contribution in [0.15, 0.2) is 42.9 Å². The molecule has 0 radical (unpaired) electrons. The van der Waals surface area contributed by atoms with Crippen LogP contribution >= 0.6 is 0 Å². The van der Waals surface area contributed by atoms with Crippen molar-refractivity contribution in [3.05, 3.63) is 48.4 Å². The summed E-state index contributed by atoms with van der Waals surface area (Å²) in [6.45, 7) is 0. The normalized spacial score (nSPS) is 15.1.